The second-order valence-corrected chi connectivity index (χ2v) is 6.40. The van der Waals surface area contributed by atoms with Crippen LogP contribution in [-0.2, 0) is 4.79 Å². The van der Waals surface area contributed by atoms with Crippen molar-refractivity contribution >= 4 is 51.0 Å². The lowest BCUT2D eigenvalue weighted by atomic mass is 10.1. The number of amidine groups is 1. The Balaban J connectivity index is 1.86. The van der Waals surface area contributed by atoms with Crippen LogP contribution in [-0.4, -0.2) is 37.3 Å². The molecule has 27 heavy (non-hydrogen) atoms. The summed E-state index contributed by atoms with van der Waals surface area (Å²) in [4.78, 5) is 23.8. The molecule has 138 valence electrons. The Morgan fingerprint density at radius 3 is 2.74 bits per heavy atom. The van der Waals surface area contributed by atoms with Gasteiger partial charge in [0.1, 0.15) is 11.1 Å². The first-order chi connectivity index (χ1) is 13.1. The minimum absolute atomic E-state index is 0.134. The maximum atomic E-state index is 12.7. The largest absolute Gasteiger partial charge is 0.495 e. The van der Waals surface area contributed by atoms with E-state index in [0.29, 0.717) is 27.6 Å². The molecule has 1 amide bonds. The molecule has 0 atom stereocenters. The zero-order valence-corrected chi connectivity index (χ0v) is 15.1. The van der Waals surface area contributed by atoms with E-state index >= 15 is 0 Å². The Hall–Kier alpha value is -3.27. The van der Waals surface area contributed by atoms with Gasteiger partial charge in [0.15, 0.2) is 27.5 Å². The van der Waals surface area contributed by atoms with Crippen molar-refractivity contribution < 1.29 is 23.1 Å². The summed E-state index contributed by atoms with van der Waals surface area (Å²) in [7, 11) is 2.92. The number of carbonyl (C=O) groups is 1. The SMILES string of the molecule is COc1c2occc2c(OC)c2c(=O)cc(/C=N/N=C3/NC(=O)CS3)oc12. The van der Waals surface area contributed by atoms with E-state index in [4.69, 9.17) is 18.3 Å². The number of fused-ring (bicyclic) bond motifs is 2. The van der Waals surface area contributed by atoms with Crippen molar-refractivity contribution in [3.63, 3.8) is 0 Å². The fraction of sp³-hybridized carbons (Fsp3) is 0.176. The molecule has 1 aliphatic heterocycles. The van der Waals surface area contributed by atoms with Crippen molar-refractivity contribution in [3.05, 3.63) is 34.4 Å². The minimum atomic E-state index is -0.327. The molecule has 10 heteroatoms. The average Bonchev–Trinajstić information content (AvgIpc) is 3.29. The van der Waals surface area contributed by atoms with Gasteiger partial charge in [0.25, 0.3) is 0 Å². The third-order valence-corrected chi connectivity index (χ3v) is 4.71. The lowest BCUT2D eigenvalue weighted by Crippen LogP contribution is -2.19. The normalized spacial score (nSPS) is 15.9. The molecule has 1 N–H and O–H groups in total. The van der Waals surface area contributed by atoms with Crippen LogP contribution in [0.3, 0.4) is 0 Å². The molecule has 9 nitrogen and oxygen atoms in total. The second-order valence-electron chi connectivity index (χ2n) is 5.43. The van der Waals surface area contributed by atoms with Crippen LogP contribution in [0.15, 0.2) is 42.2 Å². The van der Waals surface area contributed by atoms with Gasteiger partial charge in [-0.25, -0.2) is 0 Å². The molecular weight excluding hydrogens is 374 g/mol. The molecule has 1 fully saturated rings. The number of hydrogen-bond acceptors (Lipinski definition) is 9. The maximum absolute atomic E-state index is 12.7. The van der Waals surface area contributed by atoms with Gasteiger partial charge in [0, 0.05) is 6.07 Å². The Morgan fingerprint density at radius 2 is 2.04 bits per heavy atom. The average molecular weight is 387 g/mol. The highest BCUT2D eigenvalue weighted by molar-refractivity contribution is 8.15. The Bertz CT molecular complexity index is 1180. The molecule has 3 heterocycles. The van der Waals surface area contributed by atoms with Crippen molar-refractivity contribution in [2.75, 3.05) is 20.0 Å². The number of carbonyl (C=O) groups excluding carboxylic acids is 1. The molecule has 1 aromatic carbocycles. The van der Waals surface area contributed by atoms with Crippen LogP contribution in [0.25, 0.3) is 21.9 Å². The van der Waals surface area contributed by atoms with E-state index in [2.05, 4.69) is 15.5 Å². The number of nitrogens with one attached hydrogen (secondary N) is 1. The van der Waals surface area contributed by atoms with Gasteiger partial charge in [-0.3, -0.25) is 9.59 Å². The Kier molecular flexibility index (Phi) is 4.32. The van der Waals surface area contributed by atoms with Crippen LogP contribution in [0.1, 0.15) is 5.76 Å². The number of benzene rings is 1. The summed E-state index contributed by atoms with van der Waals surface area (Å²) in [6, 6.07) is 2.97. The molecule has 0 bridgehead atoms. The van der Waals surface area contributed by atoms with E-state index in [-0.39, 0.29) is 33.8 Å². The number of ether oxygens (including phenoxy) is 2. The number of amides is 1. The van der Waals surface area contributed by atoms with Gasteiger partial charge in [-0.1, -0.05) is 11.8 Å². The van der Waals surface area contributed by atoms with Gasteiger partial charge >= 0.3 is 0 Å². The number of furan rings is 1. The number of nitrogens with zero attached hydrogens (tertiary/aromatic N) is 2. The van der Waals surface area contributed by atoms with E-state index < -0.39 is 0 Å². The standard InChI is InChI=1S/C17H13N3O6S/c1-23-13-9-3-4-25-14(9)16(24-2)15-12(13)10(21)5-8(26-15)6-18-20-17-19-11(22)7-27-17/h3-6H,7H2,1-2H3,(H,19,20,22)/b18-6+. The highest BCUT2D eigenvalue weighted by atomic mass is 32.2. The van der Waals surface area contributed by atoms with E-state index in [1.165, 1.54) is 44.5 Å². The Labute approximate surface area is 156 Å². The van der Waals surface area contributed by atoms with E-state index in [1.807, 2.05) is 0 Å². The molecule has 4 rings (SSSR count). The molecule has 0 spiro atoms. The smallest absolute Gasteiger partial charge is 0.236 e. The summed E-state index contributed by atoms with van der Waals surface area (Å²) in [6.45, 7) is 0. The number of hydrogen-bond donors (Lipinski definition) is 1. The van der Waals surface area contributed by atoms with Gasteiger partial charge in [-0.05, 0) is 6.07 Å². The van der Waals surface area contributed by atoms with Crippen molar-refractivity contribution in [3.8, 4) is 11.5 Å². The van der Waals surface area contributed by atoms with Crippen LogP contribution in [0.5, 0.6) is 11.5 Å². The van der Waals surface area contributed by atoms with Crippen molar-refractivity contribution in [2.45, 2.75) is 0 Å². The molecule has 1 saturated heterocycles. The van der Waals surface area contributed by atoms with E-state index in [0.717, 1.165) is 0 Å². The van der Waals surface area contributed by atoms with Gasteiger partial charge < -0.3 is 23.6 Å². The molecular formula is C17H13N3O6S. The highest BCUT2D eigenvalue weighted by Gasteiger charge is 2.22. The zero-order chi connectivity index (χ0) is 19.0. The molecule has 0 aliphatic carbocycles. The molecule has 0 unspecified atom stereocenters. The van der Waals surface area contributed by atoms with Crippen molar-refractivity contribution in [1.82, 2.24) is 5.32 Å². The summed E-state index contributed by atoms with van der Waals surface area (Å²) in [5.41, 5.74) is 0.262. The molecule has 0 saturated carbocycles. The molecule has 1 aliphatic rings. The first-order valence-corrected chi connectivity index (χ1v) is 8.73. The molecule has 0 radical (unpaired) electrons. The quantitative estimate of drug-likeness (QED) is 0.538. The van der Waals surface area contributed by atoms with Gasteiger partial charge in [0.2, 0.25) is 11.7 Å². The molecule has 2 aromatic heterocycles. The van der Waals surface area contributed by atoms with Crippen LogP contribution in [0.2, 0.25) is 0 Å². The lowest BCUT2D eigenvalue weighted by Gasteiger charge is -2.10. The van der Waals surface area contributed by atoms with Crippen LogP contribution in [0, 0.1) is 0 Å². The lowest BCUT2D eigenvalue weighted by molar-refractivity contribution is -0.116. The van der Waals surface area contributed by atoms with E-state index in [1.54, 1.807) is 6.07 Å². The first kappa shape index (κ1) is 17.2. The van der Waals surface area contributed by atoms with Crippen LogP contribution >= 0.6 is 11.8 Å². The summed E-state index contributed by atoms with van der Waals surface area (Å²) < 4.78 is 22.1. The fourth-order valence-electron chi connectivity index (χ4n) is 2.77. The first-order valence-electron chi connectivity index (χ1n) is 7.75. The number of methoxy groups -OCH3 is 2. The van der Waals surface area contributed by atoms with Crippen LogP contribution < -0.4 is 20.2 Å². The van der Waals surface area contributed by atoms with Crippen molar-refractivity contribution in [1.29, 1.82) is 0 Å². The predicted molar refractivity (Wildman–Crippen MR) is 101 cm³/mol. The fourth-order valence-corrected chi connectivity index (χ4v) is 3.40. The van der Waals surface area contributed by atoms with Gasteiger partial charge in [0.05, 0.1) is 37.8 Å². The second kappa shape index (κ2) is 6.80. The van der Waals surface area contributed by atoms with Gasteiger partial charge in [-0.2, -0.15) is 5.10 Å². The van der Waals surface area contributed by atoms with E-state index in [9.17, 15) is 9.59 Å². The van der Waals surface area contributed by atoms with Crippen molar-refractivity contribution in [2.24, 2.45) is 10.2 Å². The molecule has 3 aromatic rings. The maximum Gasteiger partial charge on any atom is 0.236 e. The minimum Gasteiger partial charge on any atom is -0.495 e. The predicted octanol–water partition coefficient (Wildman–Crippen LogP) is 2.11. The summed E-state index contributed by atoms with van der Waals surface area (Å²) in [5, 5.41) is 11.5. The summed E-state index contributed by atoms with van der Waals surface area (Å²) in [5.74, 6) is 0.957. The van der Waals surface area contributed by atoms with Gasteiger partial charge in [-0.15, -0.1) is 5.10 Å². The highest BCUT2D eigenvalue weighted by Crippen LogP contribution is 2.41. The Morgan fingerprint density at radius 1 is 1.22 bits per heavy atom. The number of thioether (sulfide) groups is 1. The topological polar surface area (TPSA) is 116 Å². The third kappa shape index (κ3) is 2.93. The summed E-state index contributed by atoms with van der Waals surface area (Å²) in [6.07, 6.45) is 2.75. The van der Waals surface area contributed by atoms with Crippen LogP contribution in [0.4, 0.5) is 0 Å². The third-order valence-electron chi connectivity index (χ3n) is 3.84. The zero-order valence-electron chi connectivity index (χ0n) is 14.3. The monoisotopic (exact) mass is 387 g/mol. The number of rotatable bonds is 4. The summed E-state index contributed by atoms with van der Waals surface area (Å²) >= 11 is 1.24.